The standard InChI is InChI=1S/C14H19N3O4S/c18-13(15-11-5-6-22(20,21)9-11)8-17-14(19)7-10-3-1-2-4-12(10)16-17/h7,11H,1-6,8-9H2,(H,15,18)/t11-/m0/s1. The largest absolute Gasteiger partial charge is 0.351 e. The van der Waals surface area contributed by atoms with Gasteiger partial charge in [0, 0.05) is 12.1 Å². The van der Waals surface area contributed by atoms with Crippen molar-refractivity contribution in [3.05, 3.63) is 27.7 Å². The third kappa shape index (κ3) is 3.37. The zero-order valence-corrected chi connectivity index (χ0v) is 13.1. The van der Waals surface area contributed by atoms with Crippen molar-refractivity contribution in [3.8, 4) is 0 Å². The molecule has 7 nitrogen and oxygen atoms in total. The molecular formula is C14H19N3O4S. The lowest BCUT2D eigenvalue weighted by Crippen LogP contribution is -2.40. The monoisotopic (exact) mass is 325 g/mol. The van der Waals surface area contributed by atoms with E-state index in [1.807, 2.05) is 0 Å². The molecule has 1 aliphatic heterocycles. The van der Waals surface area contributed by atoms with Crippen LogP contribution < -0.4 is 10.9 Å². The molecule has 3 rings (SSSR count). The van der Waals surface area contributed by atoms with Crippen molar-refractivity contribution in [2.75, 3.05) is 11.5 Å². The Morgan fingerprint density at radius 3 is 2.86 bits per heavy atom. The molecule has 1 aliphatic carbocycles. The summed E-state index contributed by atoms with van der Waals surface area (Å²) in [6, 6.07) is 1.21. The summed E-state index contributed by atoms with van der Waals surface area (Å²) in [5.74, 6) is -0.285. The molecule has 1 amide bonds. The number of aryl methyl sites for hydroxylation is 2. The van der Waals surface area contributed by atoms with Crippen LogP contribution in [0.5, 0.6) is 0 Å². The minimum Gasteiger partial charge on any atom is -0.351 e. The Bertz CT molecular complexity index is 754. The first-order valence-corrected chi connectivity index (χ1v) is 9.35. The predicted octanol–water partition coefficient (Wildman–Crippen LogP) is -0.575. The number of hydrogen-bond donors (Lipinski definition) is 1. The highest BCUT2D eigenvalue weighted by Gasteiger charge is 2.29. The Morgan fingerprint density at radius 1 is 1.36 bits per heavy atom. The quantitative estimate of drug-likeness (QED) is 0.802. The van der Waals surface area contributed by atoms with E-state index in [2.05, 4.69) is 10.4 Å². The molecule has 0 aromatic carbocycles. The van der Waals surface area contributed by atoms with E-state index in [0.29, 0.717) is 6.42 Å². The van der Waals surface area contributed by atoms with Crippen molar-refractivity contribution in [2.24, 2.45) is 0 Å². The fraction of sp³-hybridized carbons (Fsp3) is 0.643. The number of hydrogen-bond acceptors (Lipinski definition) is 5. The van der Waals surface area contributed by atoms with E-state index in [1.165, 1.54) is 4.68 Å². The number of nitrogens with one attached hydrogen (secondary N) is 1. The molecule has 0 radical (unpaired) electrons. The fourth-order valence-corrected chi connectivity index (χ4v) is 4.71. The SMILES string of the molecule is O=C(Cn1nc2c(cc1=O)CCCC2)N[C@H]1CCS(=O)(=O)C1. The lowest BCUT2D eigenvalue weighted by Gasteiger charge is -2.16. The summed E-state index contributed by atoms with van der Waals surface area (Å²) in [6.07, 6.45) is 4.24. The summed E-state index contributed by atoms with van der Waals surface area (Å²) >= 11 is 0. The summed E-state index contributed by atoms with van der Waals surface area (Å²) in [5, 5.41) is 6.95. The Hall–Kier alpha value is -1.70. The molecule has 2 aliphatic rings. The predicted molar refractivity (Wildman–Crippen MR) is 80.3 cm³/mol. The normalized spacial score (nSPS) is 23.0. The highest BCUT2D eigenvalue weighted by Crippen LogP contribution is 2.16. The average Bonchev–Trinajstić information content (AvgIpc) is 2.78. The summed E-state index contributed by atoms with van der Waals surface area (Å²) < 4.78 is 23.9. The van der Waals surface area contributed by atoms with Crippen molar-refractivity contribution < 1.29 is 13.2 Å². The second-order valence-electron chi connectivity index (χ2n) is 5.99. The van der Waals surface area contributed by atoms with Crippen molar-refractivity contribution in [3.63, 3.8) is 0 Å². The van der Waals surface area contributed by atoms with Crippen molar-refractivity contribution >= 4 is 15.7 Å². The van der Waals surface area contributed by atoms with E-state index in [-0.39, 0.29) is 35.6 Å². The van der Waals surface area contributed by atoms with Crippen LogP contribution in [0, 0.1) is 0 Å². The highest BCUT2D eigenvalue weighted by molar-refractivity contribution is 7.91. The Balaban J connectivity index is 1.68. The van der Waals surface area contributed by atoms with Crippen molar-refractivity contribution in [2.45, 2.75) is 44.7 Å². The second kappa shape index (κ2) is 5.83. The number of sulfone groups is 1. The number of carbonyl (C=O) groups excluding carboxylic acids is 1. The summed E-state index contributed by atoms with van der Waals surface area (Å²) in [4.78, 5) is 24.0. The van der Waals surface area contributed by atoms with E-state index in [4.69, 9.17) is 0 Å². The number of carbonyl (C=O) groups is 1. The number of rotatable bonds is 3. The van der Waals surface area contributed by atoms with Crippen LogP contribution in [-0.2, 0) is 34.0 Å². The summed E-state index contributed by atoms with van der Waals surface area (Å²) in [7, 11) is -3.03. The first-order chi connectivity index (χ1) is 10.4. The lowest BCUT2D eigenvalue weighted by molar-refractivity contribution is -0.122. The van der Waals surface area contributed by atoms with Crippen LogP contribution in [-0.4, -0.2) is 41.7 Å². The van der Waals surface area contributed by atoms with Crippen molar-refractivity contribution in [1.82, 2.24) is 15.1 Å². The minimum atomic E-state index is -3.03. The van der Waals surface area contributed by atoms with Crippen LogP contribution in [0.1, 0.15) is 30.5 Å². The van der Waals surface area contributed by atoms with Crippen LogP contribution >= 0.6 is 0 Å². The maximum atomic E-state index is 12.0. The molecule has 1 fully saturated rings. The molecule has 8 heteroatoms. The van der Waals surface area contributed by atoms with E-state index in [0.717, 1.165) is 36.9 Å². The van der Waals surface area contributed by atoms with Gasteiger partial charge in [0.2, 0.25) is 5.91 Å². The Kier molecular flexibility index (Phi) is 4.03. The fourth-order valence-electron chi connectivity index (χ4n) is 3.03. The van der Waals surface area contributed by atoms with Gasteiger partial charge in [0.25, 0.3) is 5.56 Å². The van der Waals surface area contributed by atoms with Crippen molar-refractivity contribution in [1.29, 1.82) is 0 Å². The van der Waals surface area contributed by atoms with E-state index in [9.17, 15) is 18.0 Å². The zero-order valence-electron chi connectivity index (χ0n) is 12.2. The molecule has 0 spiro atoms. The average molecular weight is 325 g/mol. The number of amides is 1. The molecule has 1 aromatic heterocycles. The van der Waals surface area contributed by atoms with Crippen LogP contribution in [0.2, 0.25) is 0 Å². The first kappa shape index (κ1) is 15.2. The van der Waals surface area contributed by atoms with Crippen LogP contribution in [0.3, 0.4) is 0 Å². The van der Waals surface area contributed by atoms with Gasteiger partial charge < -0.3 is 5.32 Å². The molecule has 1 N–H and O–H groups in total. The zero-order chi connectivity index (χ0) is 15.7. The molecular weight excluding hydrogens is 306 g/mol. The van der Waals surface area contributed by atoms with Gasteiger partial charge in [-0.15, -0.1) is 0 Å². The molecule has 1 saturated heterocycles. The number of fused-ring (bicyclic) bond motifs is 1. The van der Waals surface area contributed by atoms with Crippen LogP contribution in [0.4, 0.5) is 0 Å². The molecule has 0 unspecified atom stereocenters. The molecule has 2 heterocycles. The molecule has 1 atom stereocenters. The Morgan fingerprint density at radius 2 is 2.14 bits per heavy atom. The molecule has 0 bridgehead atoms. The minimum absolute atomic E-state index is 0.0226. The third-order valence-electron chi connectivity index (χ3n) is 4.16. The van der Waals surface area contributed by atoms with Gasteiger partial charge in [0.1, 0.15) is 6.54 Å². The summed E-state index contributed by atoms with van der Waals surface area (Å²) in [5.41, 5.74) is 1.59. The van der Waals surface area contributed by atoms with Gasteiger partial charge in [-0.25, -0.2) is 13.1 Å². The molecule has 22 heavy (non-hydrogen) atoms. The van der Waals surface area contributed by atoms with Crippen LogP contribution in [0.15, 0.2) is 10.9 Å². The topological polar surface area (TPSA) is 98.1 Å². The van der Waals surface area contributed by atoms with E-state index in [1.54, 1.807) is 6.07 Å². The van der Waals surface area contributed by atoms with Gasteiger partial charge in [-0.1, -0.05) is 0 Å². The van der Waals surface area contributed by atoms with Crippen LogP contribution in [0.25, 0.3) is 0 Å². The highest BCUT2D eigenvalue weighted by atomic mass is 32.2. The molecule has 0 saturated carbocycles. The lowest BCUT2D eigenvalue weighted by atomic mass is 9.97. The maximum absolute atomic E-state index is 12.0. The Labute approximate surface area is 128 Å². The molecule has 120 valence electrons. The number of aromatic nitrogens is 2. The summed E-state index contributed by atoms with van der Waals surface area (Å²) in [6.45, 7) is -0.164. The van der Waals surface area contributed by atoms with Gasteiger partial charge in [-0.05, 0) is 37.7 Å². The van der Waals surface area contributed by atoms with E-state index < -0.39 is 9.84 Å². The van der Waals surface area contributed by atoms with Gasteiger partial charge in [0.15, 0.2) is 9.84 Å². The van der Waals surface area contributed by atoms with Gasteiger partial charge in [-0.2, -0.15) is 5.10 Å². The molecule has 1 aromatic rings. The van der Waals surface area contributed by atoms with Gasteiger partial charge in [0.05, 0.1) is 17.2 Å². The van der Waals surface area contributed by atoms with Gasteiger partial charge >= 0.3 is 0 Å². The smallest absolute Gasteiger partial charge is 0.267 e. The second-order valence-corrected chi connectivity index (χ2v) is 8.22. The first-order valence-electron chi connectivity index (χ1n) is 7.53. The number of nitrogens with zero attached hydrogens (tertiary/aromatic N) is 2. The van der Waals surface area contributed by atoms with Gasteiger partial charge in [-0.3, -0.25) is 9.59 Å². The van der Waals surface area contributed by atoms with E-state index >= 15 is 0 Å². The third-order valence-corrected chi connectivity index (χ3v) is 5.93. The maximum Gasteiger partial charge on any atom is 0.267 e.